The van der Waals surface area contributed by atoms with E-state index in [2.05, 4.69) is 13.2 Å². The van der Waals surface area contributed by atoms with Gasteiger partial charge in [0, 0.05) is 41.5 Å². The summed E-state index contributed by atoms with van der Waals surface area (Å²) in [6.45, 7) is 11.1. The maximum absolute atomic E-state index is 11.5. The molecule has 0 bridgehead atoms. The monoisotopic (exact) mass is 430 g/mol. The van der Waals surface area contributed by atoms with Crippen molar-refractivity contribution < 1.29 is 33.0 Å². The Balaban J connectivity index is 1.98. The van der Waals surface area contributed by atoms with Crippen molar-refractivity contribution in [3.8, 4) is 11.5 Å². The molecule has 8 heteroatoms. The molecule has 1 aromatic carbocycles. The van der Waals surface area contributed by atoms with E-state index >= 15 is 0 Å². The molecule has 0 aliphatic rings. The van der Waals surface area contributed by atoms with Crippen molar-refractivity contribution in [1.82, 2.24) is 0 Å². The smallest absolute Gasteiger partial charge is 0.336 e. The van der Waals surface area contributed by atoms with Crippen molar-refractivity contribution in [2.45, 2.75) is 26.7 Å². The Morgan fingerprint density at radius 1 is 0.839 bits per heavy atom. The van der Waals surface area contributed by atoms with Crippen molar-refractivity contribution in [3.05, 3.63) is 59.0 Å². The van der Waals surface area contributed by atoms with Gasteiger partial charge in [0.1, 0.15) is 5.58 Å². The second kappa shape index (κ2) is 11.6. The number of carbonyl (C=O) groups is 2. The number of carbonyl (C=O) groups excluding carboxylic acids is 2. The van der Waals surface area contributed by atoms with Crippen LogP contribution in [0.3, 0.4) is 0 Å². The molecule has 31 heavy (non-hydrogen) atoms. The third-order valence-electron chi connectivity index (χ3n) is 3.94. The lowest BCUT2D eigenvalue weighted by Gasteiger charge is -2.14. The molecule has 0 spiro atoms. The maximum Gasteiger partial charge on any atom is 0.336 e. The van der Waals surface area contributed by atoms with Crippen LogP contribution < -0.4 is 15.1 Å². The Hall–Kier alpha value is -3.55. The molecule has 0 saturated heterocycles. The molecule has 1 aromatic heterocycles. The highest BCUT2D eigenvalue weighted by atomic mass is 16.5. The fraction of sp³-hybridized carbons (Fsp3) is 0.348. The first-order chi connectivity index (χ1) is 14.8. The average molecular weight is 430 g/mol. The van der Waals surface area contributed by atoms with Crippen LogP contribution in [0.5, 0.6) is 11.5 Å². The largest absolute Gasteiger partial charge is 0.490 e. The molecule has 0 aliphatic heterocycles. The summed E-state index contributed by atoms with van der Waals surface area (Å²) in [6, 6.07) is 6.23. The molecule has 0 unspecified atom stereocenters. The summed E-state index contributed by atoms with van der Waals surface area (Å²) in [7, 11) is 0. The third-order valence-corrected chi connectivity index (χ3v) is 3.94. The van der Waals surface area contributed by atoms with Crippen LogP contribution in [-0.4, -0.2) is 38.4 Å². The van der Waals surface area contributed by atoms with Gasteiger partial charge < -0.3 is 23.4 Å². The fourth-order valence-electron chi connectivity index (χ4n) is 2.36. The summed E-state index contributed by atoms with van der Waals surface area (Å²) >= 11 is 0. The molecule has 0 saturated carbocycles. The third kappa shape index (κ3) is 7.65. The van der Waals surface area contributed by atoms with Gasteiger partial charge in [-0.05, 0) is 26.0 Å². The Morgan fingerprint density at radius 2 is 1.35 bits per heavy atom. The summed E-state index contributed by atoms with van der Waals surface area (Å²) in [5.74, 6) is -0.0699. The zero-order chi connectivity index (χ0) is 22.8. The minimum Gasteiger partial charge on any atom is -0.490 e. The summed E-state index contributed by atoms with van der Waals surface area (Å²) in [5.41, 5.74) is 0.550. The zero-order valence-corrected chi connectivity index (χ0v) is 17.7. The Kier molecular flexibility index (Phi) is 8.87. The van der Waals surface area contributed by atoms with Crippen molar-refractivity contribution in [2.24, 2.45) is 0 Å². The van der Waals surface area contributed by atoms with Crippen molar-refractivity contribution >= 4 is 22.9 Å². The summed E-state index contributed by atoms with van der Waals surface area (Å²) < 4.78 is 26.8. The topological polar surface area (TPSA) is 101 Å². The first-order valence-corrected chi connectivity index (χ1v) is 9.76. The predicted molar refractivity (Wildman–Crippen MR) is 114 cm³/mol. The molecule has 8 nitrogen and oxygen atoms in total. The van der Waals surface area contributed by atoms with Crippen molar-refractivity contribution in [1.29, 1.82) is 0 Å². The van der Waals surface area contributed by atoms with Gasteiger partial charge in [0.25, 0.3) is 0 Å². The standard InChI is InChI=1S/C23H26O8/c1-15(2)22(25)29-11-5-9-27-19-13-17-7-8-21(24)31-18(17)14-20(19)28-10-6-12-30-23(26)16(3)4/h7-8,13-14H,1,3,5-6,9-12H2,2,4H3. The molecule has 0 fully saturated rings. The molecule has 0 aliphatic carbocycles. The van der Waals surface area contributed by atoms with Crippen LogP contribution in [0.1, 0.15) is 26.7 Å². The quantitative estimate of drug-likeness (QED) is 0.218. The highest BCUT2D eigenvalue weighted by Gasteiger charge is 2.11. The van der Waals surface area contributed by atoms with Gasteiger partial charge in [0.2, 0.25) is 0 Å². The van der Waals surface area contributed by atoms with Gasteiger partial charge in [-0.25, -0.2) is 14.4 Å². The summed E-state index contributed by atoms with van der Waals surface area (Å²) in [5, 5.41) is 0.672. The molecular formula is C23H26O8. The van der Waals surface area contributed by atoms with Gasteiger partial charge in [-0.1, -0.05) is 13.2 Å². The number of esters is 2. The fourth-order valence-corrected chi connectivity index (χ4v) is 2.36. The van der Waals surface area contributed by atoms with Crippen LogP contribution in [0.15, 0.2) is 57.8 Å². The van der Waals surface area contributed by atoms with Gasteiger partial charge in [0.15, 0.2) is 11.5 Å². The van der Waals surface area contributed by atoms with Gasteiger partial charge in [-0.15, -0.1) is 0 Å². The van der Waals surface area contributed by atoms with Crippen LogP contribution in [0.2, 0.25) is 0 Å². The minimum atomic E-state index is -0.474. The zero-order valence-electron chi connectivity index (χ0n) is 17.7. The Labute approximate surface area is 180 Å². The normalized spacial score (nSPS) is 10.4. The lowest BCUT2D eigenvalue weighted by Crippen LogP contribution is -2.11. The van der Waals surface area contributed by atoms with E-state index in [0.717, 1.165) is 0 Å². The van der Waals surface area contributed by atoms with E-state index in [1.165, 1.54) is 6.07 Å². The second-order valence-electron chi connectivity index (χ2n) is 6.83. The highest BCUT2D eigenvalue weighted by molar-refractivity contribution is 5.87. The van der Waals surface area contributed by atoms with E-state index in [-0.39, 0.29) is 26.4 Å². The number of rotatable bonds is 12. The Bertz CT molecular complexity index is 1020. The first-order valence-electron chi connectivity index (χ1n) is 9.76. The number of hydrogen-bond donors (Lipinski definition) is 0. The Morgan fingerprint density at radius 3 is 1.87 bits per heavy atom. The minimum absolute atomic E-state index is 0.179. The molecule has 1 heterocycles. The van der Waals surface area contributed by atoms with Crippen LogP contribution in [-0.2, 0) is 19.1 Å². The van der Waals surface area contributed by atoms with Crippen molar-refractivity contribution in [2.75, 3.05) is 26.4 Å². The van der Waals surface area contributed by atoms with E-state index < -0.39 is 17.6 Å². The molecule has 166 valence electrons. The molecule has 0 amide bonds. The van der Waals surface area contributed by atoms with E-state index in [0.29, 0.717) is 46.5 Å². The SMILES string of the molecule is C=C(C)C(=O)OCCCOc1cc2ccc(=O)oc2cc1OCCCOC(=O)C(=C)C. The van der Waals surface area contributed by atoms with Crippen LogP contribution in [0.4, 0.5) is 0 Å². The van der Waals surface area contributed by atoms with Gasteiger partial charge in [-0.2, -0.15) is 0 Å². The van der Waals surface area contributed by atoms with Gasteiger partial charge in [-0.3, -0.25) is 0 Å². The molecule has 0 N–H and O–H groups in total. The van der Waals surface area contributed by atoms with Gasteiger partial charge >= 0.3 is 17.6 Å². The predicted octanol–water partition coefficient (Wildman–Crippen LogP) is 3.57. The van der Waals surface area contributed by atoms with E-state index in [1.807, 2.05) is 0 Å². The average Bonchev–Trinajstić information content (AvgIpc) is 2.72. The van der Waals surface area contributed by atoms with Crippen LogP contribution in [0.25, 0.3) is 11.0 Å². The highest BCUT2D eigenvalue weighted by Crippen LogP contribution is 2.32. The molecule has 0 radical (unpaired) electrons. The molecule has 0 atom stereocenters. The summed E-state index contributed by atoms with van der Waals surface area (Å²) in [4.78, 5) is 34.3. The number of ether oxygens (including phenoxy) is 4. The number of hydrogen-bond acceptors (Lipinski definition) is 8. The van der Waals surface area contributed by atoms with E-state index in [4.69, 9.17) is 23.4 Å². The lowest BCUT2D eigenvalue weighted by molar-refractivity contribution is -0.140. The molecule has 2 aromatic rings. The van der Waals surface area contributed by atoms with E-state index in [9.17, 15) is 14.4 Å². The number of benzene rings is 1. The molecular weight excluding hydrogens is 404 g/mol. The van der Waals surface area contributed by atoms with Crippen molar-refractivity contribution in [3.63, 3.8) is 0 Å². The van der Waals surface area contributed by atoms with E-state index in [1.54, 1.807) is 32.0 Å². The lowest BCUT2D eigenvalue weighted by atomic mass is 10.2. The van der Waals surface area contributed by atoms with Crippen LogP contribution in [0, 0.1) is 0 Å². The van der Waals surface area contributed by atoms with Crippen LogP contribution >= 0.6 is 0 Å². The molecule has 2 rings (SSSR count). The summed E-state index contributed by atoms with van der Waals surface area (Å²) in [6.07, 6.45) is 0.920. The first kappa shape index (κ1) is 23.7. The maximum atomic E-state index is 11.5. The van der Waals surface area contributed by atoms with Gasteiger partial charge in [0.05, 0.1) is 26.4 Å². The number of fused-ring (bicyclic) bond motifs is 1. The second-order valence-corrected chi connectivity index (χ2v) is 6.83.